The molecule has 0 unspecified atom stereocenters. The number of nitrogens with zero attached hydrogens (tertiary/aromatic N) is 3. The van der Waals surface area contributed by atoms with Crippen LogP contribution in [0.15, 0.2) is 16.7 Å². The summed E-state index contributed by atoms with van der Waals surface area (Å²) < 4.78 is 3.07. The van der Waals surface area contributed by atoms with Crippen LogP contribution in [0.25, 0.3) is 0 Å². The first kappa shape index (κ1) is 13.1. The van der Waals surface area contributed by atoms with Crippen molar-refractivity contribution in [3.05, 3.63) is 22.4 Å². The van der Waals surface area contributed by atoms with E-state index >= 15 is 0 Å². The van der Waals surface area contributed by atoms with Gasteiger partial charge in [-0.15, -0.1) is 0 Å². The third kappa shape index (κ3) is 3.01. The number of amides is 1. The number of hydrogen-bond donors (Lipinski definition) is 1. The van der Waals surface area contributed by atoms with Crippen molar-refractivity contribution < 1.29 is 4.79 Å². The third-order valence-electron chi connectivity index (χ3n) is 3.75. The maximum atomic E-state index is 12.4. The van der Waals surface area contributed by atoms with Gasteiger partial charge in [0.1, 0.15) is 5.69 Å². The Hall–Kier alpha value is -0.850. The van der Waals surface area contributed by atoms with E-state index in [0.717, 1.165) is 36.3 Å². The van der Waals surface area contributed by atoms with E-state index in [0.29, 0.717) is 6.04 Å². The maximum absolute atomic E-state index is 12.4. The summed E-state index contributed by atoms with van der Waals surface area (Å²) >= 11 is 3.46. The van der Waals surface area contributed by atoms with Crippen LogP contribution in [0.5, 0.6) is 0 Å². The van der Waals surface area contributed by atoms with E-state index in [1.54, 1.807) is 0 Å². The Balaban J connectivity index is 1.66. The Bertz CT molecular complexity index is 475. The molecule has 0 atom stereocenters. The summed E-state index contributed by atoms with van der Waals surface area (Å²) in [4.78, 5) is 14.6. The highest BCUT2D eigenvalue weighted by atomic mass is 79.9. The lowest BCUT2D eigenvalue weighted by atomic mass is 10.3. The van der Waals surface area contributed by atoms with Crippen LogP contribution in [0.4, 0.5) is 0 Å². The van der Waals surface area contributed by atoms with Gasteiger partial charge >= 0.3 is 0 Å². The lowest BCUT2D eigenvalue weighted by Crippen LogP contribution is -2.52. The van der Waals surface area contributed by atoms with Crippen molar-refractivity contribution >= 4 is 21.8 Å². The Morgan fingerprint density at radius 1 is 1.32 bits per heavy atom. The van der Waals surface area contributed by atoms with Gasteiger partial charge in [0.15, 0.2) is 0 Å². The van der Waals surface area contributed by atoms with Crippen LogP contribution in [0.3, 0.4) is 0 Å². The zero-order valence-corrected chi connectivity index (χ0v) is 12.7. The standard InChI is InChI=1S/C13H19BrN4O/c1-16-4-6-17(7-5-16)15-13(19)12-8-10(14)9-18(12)11-2-3-11/h8-9,11H,2-7H2,1H3,(H,15,19). The number of carbonyl (C=O) groups excluding carboxylic acids is 1. The van der Waals surface area contributed by atoms with E-state index in [-0.39, 0.29) is 5.91 Å². The number of halogens is 1. The molecule has 1 aromatic heterocycles. The molecule has 2 aliphatic rings. The summed E-state index contributed by atoms with van der Waals surface area (Å²) in [5, 5.41) is 2.01. The van der Waals surface area contributed by atoms with Crippen LogP contribution in [0.1, 0.15) is 29.4 Å². The fourth-order valence-electron chi connectivity index (χ4n) is 2.40. The SMILES string of the molecule is CN1CCN(NC(=O)c2cc(Br)cn2C2CC2)CC1. The van der Waals surface area contributed by atoms with Crippen molar-refractivity contribution in [1.82, 2.24) is 19.9 Å². The number of aromatic nitrogens is 1. The Kier molecular flexibility index (Phi) is 3.64. The van der Waals surface area contributed by atoms with E-state index in [2.05, 4.69) is 37.9 Å². The molecule has 5 nitrogen and oxygen atoms in total. The van der Waals surface area contributed by atoms with E-state index in [4.69, 9.17) is 0 Å². The van der Waals surface area contributed by atoms with Gasteiger partial charge in [-0.3, -0.25) is 10.2 Å². The topological polar surface area (TPSA) is 40.5 Å². The molecule has 3 rings (SSSR count). The summed E-state index contributed by atoms with van der Waals surface area (Å²) in [7, 11) is 2.11. The van der Waals surface area contributed by atoms with Crippen LogP contribution in [-0.2, 0) is 0 Å². The van der Waals surface area contributed by atoms with Crippen molar-refractivity contribution in [3.8, 4) is 0 Å². The number of nitrogens with one attached hydrogen (secondary N) is 1. The minimum atomic E-state index is 0.00199. The summed E-state index contributed by atoms with van der Waals surface area (Å²) in [5.74, 6) is 0.00199. The molecule has 1 aliphatic heterocycles. The van der Waals surface area contributed by atoms with Crippen molar-refractivity contribution in [3.63, 3.8) is 0 Å². The molecular formula is C13H19BrN4O. The van der Waals surface area contributed by atoms with Crippen LogP contribution in [0, 0.1) is 0 Å². The first-order valence-electron chi connectivity index (χ1n) is 6.75. The van der Waals surface area contributed by atoms with Gasteiger partial charge in [-0.2, -0.15) is 0 Å². The lowest BCUT2D eigenvalue weighted by molar-refractivity contribution is 0.0653. The normalized spacial score (nSPS) is 21.6. The van der Waals surface area contributed by atoms with E-state index < -0.39 is 0 Å². The molecular weight excluding hydrogens is 308 g/mol. The molecule has 104 valence electrons. The zero-order chi connectivity index (χ0) is 13.4. The van der Waals surface area contributed by atoms with Crippen molar-refractivity contribution in [2.45, 2.75) is 18.9 Å². The summed E-state index contributed by atoms with van der Waals surface area (Å²) in [6.45, 7) is 3.75. The molecule has 1 aliphatic carbocycles. The van der Waals surface area contributed by atoms with Crippen LogP contribution < -0.4 is 5.43 Å². The number of likely N-dealkylation sites (N-methyl/N-ethyl adjacent to an activating group) is 1. The number of piperazine rings is 1. The second-order valence-corrected chi connectivity index (χ2v) is 6.33. The van der Waals surface area contributed by atoms with Crippen molar-refractivity contribution in [2.24, 2.45) is 0 Å². The van der Waals surface area contributed by atoms with Gasteiger partial charge in [-0.05, 0) is 41.9 Å². The molecule has 1 saturated carbocycles. The molecule has 6 heteroatoms. The van der Waals surface area contributed by atoms with Gasteiger partial charge in [0.05, 0.1) is 0 Å². The van der Waals surface area contributed by atoms with Gasteiger partial charge in [-0.1, -0.05) is 0 Å². The molecule has 0 spiro atoms. The Morgan fingerprint density at radius 2 is 2.00 bits per heavy atom. The van der Waals surface area contributed by atoms with Crippen LogP contribution >= 0.6 is 15.9 Å². The molecule has 2 fully saturated rings. The molecule has 0 bridgehead atoms. The summed E-state index contributed by atoms with van der Waals surface area (Å²) in [5.41, 5.74) is 3.78. The zero-order valence-electron chi connectivity index (χ0n) is 11.1. The van der Waals surface area contributed by atoms with Gasteiger partial charge in [-0.25, -0.2) is 5.01 Å². The van der Waals surface area contributed by atoms with Crippen molar-refractivity contribution in [1.29, 1.82) is 0 Å². The first-order valence-corrected chi connectivity index (χ1v) is 7.54. The second kappa shape index (κ2) is 5.26. The highest BCUT2D eigenvalue weighted by Crippen LogP contribution is 2.37. The highest BCUT2D eigenvalue weighted by Gasteiger charge is 2.28. The molecule has 19 heavy (non-hydrogen) atoms. The van der Waals surface area contributed by atoms with E-state index in [1.807, 2.05) is 17.3 Å². The van der Waals surface area contributed by atoms with E-state index in [9.17, 15) is 4.79 Å². The predicted molar refractivity (Wildman–Crippen MR) is 76.9 cm³/mol. The third-order valence-corrected chi connectivity index (χ3v) is 4.18. The van der Waals surface area contributed by atoms with Gasteiger partial charge < -0.3 is 9.47 Å². The number of rotatable bonds is 3. The second-order valence-electron chi connectivity index (χ2n) is 5.41. The number of carbonyl (C=O) groups is 1. The van der Waals surface area contributed by atoms with Crippen LogP contribution in [-0.4, -0.2) is 53.6 Å². The summed E-state index contributed by atoms with van der Waals surface area (Å²) in [6, 6.07) is 2.42. The molecule has 0 radical (unpaired) electrons. The molecule has 1 aromatic rings. The van der Waals surface area contributed by atoms with Crippen LogP contribution in [0.2, 0.25) is 0 Å². The van der Waals surface area contributed by atoms with Gasteiger partial charge in [0.2, 0.25) is 0 Å². The highest BCUT2D eigenvalue weighted by molar-refractivity contribution is 9.10. The fraction of sp³-hybridized carbons (Fsp3) is 0.615. The number of hydrogen-bond acceptors (Lipinski definition) is 3. The average molecular weight is 327 g/mol. The van der Waals surface area contributed by atoms with Gasteiger partial charge in [0.25, 0.3) is 5.91 Å². The molecule has 1 saturated heterocycles. The molecule has 1 amide bonds. The number of hydrazine groups is 1. The molecule has 1 N–H and O–H groups in total. The monoisotopic (exact) mass is 326 g/mol. The maximum Gasteiger partial charge on any atom is 0.282 e. The predicted octanol–water partition coefficient (Wildman–Crippen LogP) is 1.48. The van der Waals surface area contributed by atoms with Crippen molar-refractivity contribution in [2.75, 3.05) is 33.2 Å². The first-order chi connectivity index (χ1) is 9.13. The largest absolute Gasteiger partial charge is 0.339 e. The Morgan fingerprint density at radius 3 is 2.63 bits per heavy atom. The Labute approximate surface area is 121 Å². The molecule has 2 heterocycles. The fourth-order valence-corrected chi connectivity index (χ4v) is 2.84. The minimum absolute atomic E-state index is 0.00199. The van der Waals surface area contributed by atoms with E-state index in [1.165, 1.54) is 12.8 Å². The smallest absolute Gasteiger partial charge is 0.282 e. The minimum Gasteiger partial charge on any atom is -0.339 e. The lowest BCUT2D eigenvalue weighted by Gasteiger charge is -2.32. The summed E-state index contributed by atoms with van der Waals surface area (Å²) in [6.07, 6.45) is 4.36. The van der Waals surface area contributed by atoms with Gasteiger partial charge in [0, 0.05) is 42.9 Å². The quantitative estimate of drug-likeness (QED) is 0.914. The average Bonchev–Trinajstić information content (AvgIpc) is 3.15. The molecule has 0 aromatic carbocycles.